The minimum Gasteiger partial charge on any atom is -0.372 e. The third-order valence-electron chi connectivity index (χ3n) is 3.99. The molecule has 0 bridgehead atoms. The van der Waals surface area contributed by atoms with E-state index in [1.807, 2.05) is 13.0 Å². The molecule has 0 radical (unpaired) electrons. The summed E-state index contributed by atoms with van der Waals surface area (Å²) in [5.41, 5.74) is 3.60. The van der Waals surface area contributed by atoms with Gasteiger partial charge in [0.2, 0.25) is 0 Å². The van der Waals surface area contributed by atoms with Crippen LogP contribution in [0.25, 0.3) is 0 Å². The van der Waals surface area contributed by atoms with E-state index in [-0.39, 0.29) is 5.91 Å². The molecule has 22 heavy (non-hydrogen) atoms. The number of aromatic nitrogens is 1. The molecule has 4 nitrogen and oxygen atoms in total. The average molecular weight is 313 g/mol. The molecule has 0 aliphatic carbocycles. The van der Waals surface area contributed by atoms with Gasteiger partial charge in [0.25, 0.3) is 5.91 Å². The number of benzene rings is 1. The van der Waals surface area contributed by atoms with Crippen LogP contribution >= 0.6 is 12.2 Å². The fourth-order valence-electron chi connectivity index (χ4n) is 2.75. The van der Waals surface area contributed by atoms with Crippen molar-refractivity contribution in [2.45, 2.75) is 19.8 Å². The number of aromatic amines is 1. The molecule has 1 aromatic carbocycles. The van der Waals surface area contributed by atoms with E-state index in [0.717, 1.165) is 24.3 Å². The number of H-pyrrole nitrogens is 1. The molecule has 1 aliphatic heterocycles. The third kappa shape index (κ3) is 3.04. The van der Waals surface area contributed by atoms with E-state index >= 15 is 0 Å². The molecular formula is C17H19N3OS. The van der Waals surface area contributed by atoms with Gasteiger partial charge >= 0.3 is 0 Å². The quantitative estimate of drug-likeness (QED) is 0.845. The van der Waals surface area contributed by atoms with Gasteiger partial charge in [-0.3, -0.25) is 4.79 Å². The van der Waals surface area contributed by atoms with E-state index < -0.39 is 0 Å². The zero-order valence-electron chi connectivity index (χ0n) is 12.6. The highest BCUT2D eigenvalue weighted by Crippen LogP contribution is 2.25. The fourth-order valence-corrected chi connectivity index (χ4v) is 2.98. The third-order valence-corrected chi connectivity index (χ3v) is 4.33. The smallest absolute Gasteiger partial charge is 0.258 e. The van der Waals surface area contributed by atoms with E-state index in [1.165, 1.54) is 18.5 Å². The molecule has 0 spiro atoms. The van der Waals surface area contributed by atoms with E-state index in [0.29, 0.717) is 10.2 Å². The van der Waals surface area contributed by atoms with Crippen molar-refractivity contribution in [1.82, 2.24) is 4.98 Å². The Labute approximate surface area is 135 Å². The molecule has 1 fully saturated rings. The van der Waals surface area contributed by atoms with Gasteiger partial charge in [-0.2, -0.15) is 0 Å². The lowest BCUT2D eigenvalue weighted by molar-refractivity contribution is 0.102. The van der Waals surface area contributed by atoms with Crippen LogP contribution in [0.3, 0.4) is 0 Å². The van der Waals surface area contributed by atoms with Crippen LogP contribution in [0, 0.1) is 11.6 Å². The zero-order valence-corrected chi connectivity index (χ0v) is 13.4. The number of nitrogens with zero attached hydrogens (tertiary/aromatic N) is 1. The van der Waals surface area contributed by atoms with Crippen molar-refractivity contribution in [1.29, 1.82) is 0 Å². The van der Waals surface area contributed by atoms with Gasteiger partial charge in [0.05, 0.1) is 5.56 Å². The second-order valence-electron chi connectivity index (χ2n) is 5.56. The fraction of sp³-hybridized carbons (Fsp3) is 0.294. The minimum atomic E-state index is -0.182. The summed E-state index contributed by atoms with van der Waals surface area (Å²) < 4.78 is 0.450. The highest BCUT2D eigenvalue weighted by Gasteiger charge is 2.14. The molecule has 3 rings (SSSR count). The monoisotopic (exact) mass is 313 g/mol. The summed E-state index contributed by atoms with van der Waals surface area (Å²) in [6, 6.07) is 9.67. The molecule has 2 N–H and O–H groups in total. The van der Waals surface area contributed by atoms with Crippen LogP contribution < -0.4 is 10.2 Å². The van der Waals surface area contributed by atoms with Crippen LogP contribution in [0.2, 0.25) is 0 Å². The molecule has 0 unspecified atom stereocenters. The Morgan fingerprint density at radius 3 is 2.73 bits per heavy atom. The topological polar surface area (TPSA) is 48.1 Å². The van der Waals surface area contributed by atoms with Crippen molar-refractivity contribution < 1.29 is 4.79 Å². The van der Waals surface area contributed by atoms with Crippen LogP contribution in [0.5, 0.6) is 0 Å². The largest absolute Gasteiger partial charge is 0.372 e. The minimum absolute atomic E-state index is 0.182. The number of nitrogens with one attached hydrogen (secondary N) is 2. The number of amides is 1. The Kier molecular flexibility index (Phi) is 4.24. The van der Waals surface area contributed by atoms with E-state index in [9.17, 15) is 4.79 Å². The van der Waals surface area contributed by atoms with Gasteiger partial charge in [-0.05, 0) is 55.7 Å². The van der Waals surface area contributed by atoms with Crippen LogP contribution in [-0.4, -0.2) is 24.0 Å². The lowest BCUT2D eigenvalue weighted by atomic mass is 10.1. The highest BCUT2D eigenvalue weighted by molar-refractivity contribution is 7.71. The summed E-state index contributed by atoms with van der Waals surface area (Å²) in [5, 5.41) is 2.94. The molecule has 5 heteroatoms. The number of rotatable bonds is 3. The van der Waals surface area contributed by atoms with Crippen molar-refractivity contribution in [2.24, 2.45) is 0 Å². The second-order valence-corrected chi connectivity index (χ2v) is 5.97. The summed E-state index contributed by atoms with van der Waals surface area (Å²) in [6.45, 7) is 4.25. The summed E-state index contributed by atoms with van der Waals surface area (Å²) >= 11 is 5.15. The molecule has 0 saturated carbocycles. The van der Waals surface area contributed by atoms with Gasteiger partial charge in [0, 0.05) is 30.7 Å². The number of hydrogen-bond acceptors (Lipinski definition) is 3. The van der Waals surface area contributed by atoms with Crippen LogP contribution in [0.4, 0.5) is 11.4 Å². The van der Waals surface area contributed by atoms with Crippen LogP contribution in [0.1, 0.15) is 28.8 Å². The number of carbonyl (C=O) groups is 1. The standard InChI is InChI=1S/C17H19N3OS/c1-12-11-13(20-9-2-3-10-20)6-7-15(12)19-16(21)14-5-4-8-18-17(14)22/h4-8,11H,2-3,9-10H2,1H3,(H,18,22)(H,19,21). The number of carbonyl (C=O) groups excluding carboxylic acids is 1. The van der Waals surface area contributed by atoms with Crippen molar-refractivity contribution in [2.75, 3.05) is 23.3 Å². The molecule has 1 aliphatic rings. The zero-order chi connectivity index (χ0) is 15.5. The Hall–Kier alpha value is -2.14. The Morgan fingerprint density at radius 2 is 2.05 bits per heavy atom. The Morgan fingerprint density at radius 1 is 1.27 bits per heavy atom. The summed E-state index contributed by atoms with van der Waals surface area (Å²) in [5.74, 6) is -0.182. The van der Waals surface area contributed by atoms with Crippen molar-refractivity contribution >= 4 is 29.5 Å². The molecule has 1 amide bonds. The first kappa shape index (κ1) is 14.8. The van der Waals surface area contributed by atoms with Crippen molar-refractivity contribution in [3.8, 4) is 0 Å². The first-order valence-electron chi connectivity index (χ1n) is 7.50. The van der Waals surface area contributed by atoms with Crippen molar-refractivity contribution in [3.05, 3.63) is 52.3 Å². The summed E-state index contributed by atoms with van der Waals surface area (Å²) in [6.07, 6.45) is 4.22. The molecule has 114 valence electrons. The highest BCUT2D eigenvalue weighted by atomic mass is 32.1. The molecule has 0 atom stereocenters. The summed E-state index contributed by atoms with van der Waals surface area (Å²) in [7, 11) is 0. The van der Waals surface area contributed by atoms with Gasteiger partial charge in [0.15, 0.2) is 0 Å². The Balaban J connectivity index is 1.79. The van der Waals surface area contributed by atoms with E-state index in [4.69, 9.17) is 12.2 Å². The predicted octanol–water partition coefficient (Wildman–Crippen LogP) is 3.91. The van der Waals surface area contributed by atoms with Gasteiger partial charge in [-0.1, -0.05) is 12.2 Å². The molecule has 1 saturated heterocycles. The van der Waals surface area contributed by atoms with E-state index in [2.05, 4.69) is 27.3 Å². The van der Waals surface area contributed by atoms with Gasteiger partial charge in [-0.15, -0.1) is 0 Å². The SMILES string of the molecule is Cc1cc(N2CCCC2)ccc1NC(=O)c1ccc[nH]c1=S. The molecule has 1 aromatic heterocycles. The normalized spacial score (nSPS) is 14.1. The molecule has 2 heterocycles. The van der Waals surface area contributed by atoms with Crippen LogP contribution in [0.15, 0.2) is 36.5 Å². The number of pyridine rings is 1. The lowest BCUT2D eigenvalue weighted by Crippen LogP contribution is -2.18. The number of aryl methyl sites for hydroxylation is 1. The second kappa shape index (κ2) is 6.32. The van der Waals surface area contributed by atoms with Crippen molar-refractivity contribution in [3.63, 3.8) is 0 Å². The van der Waals surface area contributed by atoms with Gasteiger partial charge in [0.1, 0.15) is 4.64 Å². The predicted molar refractivity (Wildman–Crippen MR) is 92.2 cm³/mol. The first-order valence-corrected chi connectivity index (χ1v) is 7.90. The van der Waals surface area contributed by atoms with Gasteiger partial charge in [-0.25, -0.2) is 0 Å². The number of hydrogen-bond donors (Lipinski definition) is 2. The maximum absolute atomic E-state index is 12.3. The molecular weight excluding hydrogens is 294 g/mol. The van der Waals surface area contributed by atoms with E-state index in [1.54, 1.807) is 18.3 Å². The first-order chi connectivity index (χ1) is 10.6. The maximum Gasteiger partial charge on any atom is 0.258 e. The lowest BCUT2D eigenvalue weighted by Gasteiger charge is -2.19. The Bertz CT molecular complexity index is 748. The maximum atomic E-state index is 12.3. The van der Waals surface area contributed by atoms with Crippen LogP contribution in [-0.2, 0) is 0 Å². The molecule has 2 aromatic rings. The number of anilines is 2. The van der Waals surface area contributed by atoms with Gasteiger partial charge < -0.3 is 15.2 Å². The average Bonchev–Trinajstić information content (AvgIpc) is 3.04. The summed E-state index contributed by atoms with van der Waals surface area (Å²) in [4.78, 5) is 17.6.